The lowest BCUT2D eigenvalue weighted by molar-refractivity contribution is 0.0412. The molecule has 0 radical (unpaired) electrons. The lowest BCUT2D eigenvalue weighted by Gasteiger charge is -2.14. The molecule has 2 N–H and O–H groups in total. The molecule has 0 fully saturated rings. The van der Waals surface area contributed by atoms with Crippen molar-refractivity contribution in [2.24, 2.45) is 0 Å². The number of aliphatic hydroxyl groups excluding tert-OH is 2. The molecule has 0 aromatic carbocycles. The summed E-state index contributed by atoms with van der Waals surface area (Å²) >= 11 is 0. The van der Waals surface area contributed by atoms with E-state index in [2.05, 4.69) is 0 Å². The summed E-state index contributed by atoms with van der Waals surface area (Å²) in [4.78, 5) is 0. The van der Waals surface area contributed by atoms with E-state index in [0.29, 0.717) is 0 Å². The first-order valence-electron chi connectivity index (χ1n) is 5.83. The van der Waals surface area contributed by atoms with Crippen molar-refractivity contribution >= 4 is 0 Å². The Bertz CT molecular complexity index is 166. The first kappa shape index (κ1) is 11.7. The van der Waals surface area contributed by atoms with Gasteiger partial charge < -0.3 is 10.2 Å². The number of allylic oxidation sites excluding steroid dienone is 1. The minimum Gasteiger partial charge on any atom is -0.390 e. The number of hydrogen-bond acceptors (Lipinski definition) is 2. The monoisotopic (exact) mass is 198 g/mol. The van der Waals surface area contributed by atoms with Crippen LogP contribution >= 0.6 is 0 Å². The summed E-state index contributed by atoms with van der Waals surface area (Å²) < 4.78 is 0. The average molecular weight is 198 g/mol. The van der Waals surface area contributed by atoms with Crippen LogP contribution in [0.2, 0.25) is 0 Å². The van der Waals surface area contributed by atoms with E-state index in [-0.39, 0.29) is 0 Å². The number of hydrogen-bond donors (Lipinski definition) is 2. The Labute approximate surface area is 86.6 Å². The van der Waals surface area contributed by atoms with Crippen molar-refractivity contribution < 1.29 is 10.2 Å². The van der Waals surface area contributed by atoms with Gasteiger partial charge >= 0.3 is 0 Å². The van der Waals surface area contributed by atoms with Crippen LogP contribution in [0.4, 0.5) is 0 Å². The zero-order chi connectivity index (χ0) is 10.2. The molecule has 0 saturated heterocycles. The summed E-state index contributed by atoms with van der Waals surface area (Å²) in [6, 6.07) is 0. The quantitative estimate of drug-likeness (QED) is 0.587. The molecule has 0 aromatic rings. The second-order valence-corrected chi connectivity index (χ2v) is 4.18. The van der Waals surface area contributed by atoms with E-state index >= 15 is 0 Å². The number of rotatable bonds is 0. The molecule has 2 nitrogen and oxygen atoms in total. The topological polar surface area (TPSA) is 40.5 Å². The third-order valence-electron chi connectivity index (χ3n) is 2.85. The van der Waals surface area contributed by atoms with Crippen molar-refractivity contribution in [1.82, 2.24) is 0 Å². The second-order valence-electron chi connectivity index (χ2n) is 4.18. The maximum atomic E-state index is 9.56. The van der Waals surface area contributed by atoms with E-state index < -0.39 is 12.2 Å². The maximum absolute atomic E-state index is 9.56. The van der Waals surface area contributed by atoms with Crippen LogP contribution in [-0.2, 0) is 0 Å². The largest absolute Gasteiger partial charge is 0.390 e. The predicted molar refractivity (Wildman–Crippen MR) is 58.1 cm³/mol. The summed E-state index contributed by atoms with van der Waals surface area (Å²) in [6.45, 7) is 0. The lowest BCUT2D eigenvalue weighted by Crippen LogP contribution is -2.23. The van der Waals surface area contributed by atoms with Gasteiger partial charge in [-0.05, 0) is 19.3 Å². The molecule has 2 unspecified atom stereocenters. The average Bonchev–Trinajstić information content (AvgIpc) is 2.18. The van der Waals surface area contributed by atoms with Crippen molar-refractivity contribution in [2.45, 2.75) is 63.6 Å². The van der Waals surface area contributed by atoms with E-state index in [9.17, 15) is 10.2 Å². The van der Waals surface area contributed by atoms with E-state index in [1.165, 1.54) is 32.1 Å². The summed E-state index contributed by atoms with van der Waals surface area (Å²) in [5.74, 6) is 0. The molecule has 2 heteroatoms. The lowest BCUT2D eigenvalue weighted by atomic mass is 10.0. The van der Waals surface area contributed by atoms with Crippen LogP contribution in [0.3, 0.4) is 0 Å². The Balaban J connectivity index is 2.35. The second kappa shape index (κ2) is 7.02. The summed E-state index contributed by atoms with van der Waals surface area (Å²) in [6.07, 6.45) is 11.6. The molecule has 0 aromatic heterocycles. The van der Waals surface area contributed by atoms with Crippen LogP contribution in [0.15, 0.2) is 12.2 Å². The van der Waals surface area contributed by atoms with Gasteiger partial charge in [-0.1, -0.05) is 44.3 Å². The highest BCUT2D eigenvalue weighted by Crippen LogP contribution is 2.13. The fraction of sp³-hybridized carbons (Fsp3) is 0.833. The van der Waals surface area contributed by atoms with Crippen molar-refractivity contribution in [1.29, 1.82) is 0 Å². The van der Waals surface area contributed by atoms with Crippen molar-refractivity contribution in [3.05, 3.63) is 12.2 Å². The first-order valence-corrected chi connectivity index (χ1v) is 5.83. The first-order chi connectivity index (χ1) is 6.80. The van der Waals surface area contributed by atoms with Crippen molar-refractivity contribution in [3.8, 4) is 0 Å². The highest BCUT2D eigenvalue weighted by atomic mass is 16.3. The van der Waals surface area contributed by atoms with Crippen LogP contribution in [0.1, 0.15) is 51.4 Å². The molecule has 2 atom stereocenters. The van der Waals surface area contributed by atoms with Gasteiger partial charge in [-0.2, -0.15) is 0 Å². The van der Waals surface area contributed by atoms with Crippen molar-refractivity contribution in [3.63, 3.8) is 0 Å². The van der Waals surface area contributed by atoms with Gasteiger partial charge in [0.2, 0.25) is 0 Å². The molecule has 1 aliphatic rings. The summed E-state index contributed by atoms with van der Waals surface area (Å²) in [5.41, 5.74) is 0. The molecule has 0 saturated carbocycles. The standard InChI is InChI=1S/C12H22O2/c13-11-9-7-5-3-1-2-4-6-8-10-12(11)14/h7,9,11-14H,1-6,8,10H2. The highest BCUT2D eigenvalue weighted by molar-refractivity contribution is 4.92. The number of aliphatic hydroxyl groups is 2. The molecule has 1 rings (SSSR count). The molecule has 0 heterocycles. The molecule has 1 aliphatic carbocycles. The normalized spacial score (nSPS) is 31.9. The van der Waals surface area contributed by atoms with Gasteiger partial charge in [0.05, 0.1) is 12.2 Å². The van der Waals surface area contributed by atoms with Crippen LogP contribution in [-0.4, -0.2) is 22.4 Å². The summed E-state index contributed by atoms with van der Waals surface area (Å²) in [5, 5.41) is 19.1. The Morgan fingerprint density at radius 1 is 0.857 bits per heavy atom. The Kier molecular flexibility index (Phi) is 5.88. The molecule has 0 spiro atoms. The Hall–Kier alpha value is -0.340. The third-order valence-corrected chi connectivity index (χ3v) is 2.85. The van der Waals surface area contributed by atoms with Gasteiger partial charge in [0, 0.05) is 0 Å². The molecule has 0 amide bonds. The molecule has 0 aliphatic heterocycles. The fourth-order valence-electron chi connectivity index (χ4n) is 1.86. The van der Waals surface area contributed by atoms with Gasteiger partial charge in [-0.15, -0.1) is 0 Å². The smallest absolute Gasteiger partial charge is 0.0979 e. The van der Waals surface area contributed by atoms with Crippen LogP contribution in [0.25, 0.3) is 0 Å². The molecular weight excluding hydrogens is 176 g/mol. The van der Waals surface area contributed by atoms with Gasteiger partial charge in [-0.25, -0.2) is 0 Å². The predicted octanol–water partition coefficient (Wildman–Crippen LogP) is 2.40. The van der Waals surface area contributed by atoms with E-state index in [4.69, 9.17) is 0 Å². The molecule has 14 heavy (non-hydrogen) atoms. The Morgan fingerprint density at radius 2 is 1.50 bits per heavy atom. The minimum absolute atomic E-state index is 0.564. The van der Waals surface area contributed by atoms with Crippen LogP contribution in [0.5, 0.6) is 0 Å². The zero-order valence-electron chi connectivity index (χ0n) is 8.86. The summed E-state index contributed by atoms with van der Waals surface area (Å²) in [7, 11) is 0. The van der Waals surface area contributed by atoms with Gasteiger partial charge in [0.15, 0.2) is 0 Å². The minimum atomic E-state index is -0.658. The zero-order valence-corrected chi connectivity index (χ0v) is 8.86. The maximum Gasteiger partial charge on any atom is 0.0979 e. The van der Waals surface area contributed by atoms with Gasteiger partial charge in [0.1, 0.15) is 0 Å². The molecule has 0 bridgehead atoms. The third kappa shape index (κ3) is 4.77. The van der Waals surface area contributed by atoms with Gasteiger partial charge in [-0.3, -0.25) is 0 Å². The fourth-order valence-corrected chi connectivity index (χ4v) is 1.86. The van der Waals surface area contributed by atoms with E-state index in [1.807, 2.05) is 6.08 Å². The molecule has 82 valence electrons. The highest BCUT2D eigenvalue weighted by Gasteiger charge is 2.12. The Morgan fingerprint density at radius 3 is 2.29 bits per heavy atom. The van der Waals surface area contributed by atoms with Crippen LogP contribution in [0, 0.1) is 0 Å². The van der Waals surface area contributed by atoms with E-state index in [0.717, 1.165) is 19.3 Å². The van der Waals surface area contributed by atoms with Gasteiger partial charge in [0.25, 0.3) is 0 Å². The van der Waals surface area contributed by atoms with Crippen LogP contribution < -0.4 is 0 Å². The molecular formula is C12H22O2. The SMILES string of the molecule is OC1C=CCCCCCCCCC1O. The van der Waals surface area contributed by atoms with E-state index in [1.54, 1.807) is 6.08 Å². The van der Waals surface area contributed by atoms with Crippen molar-refractivity contribution in [2.75, 3.05) is 0 Å².